The van der Waals surface area contributed by atoms with E-state index < -0.39 is 11.8 Å². The van der Waals surface area contributed by atoms with Gasteiger partial charge in [-0.15, -0.1) is 0 Å². The number of carboxylic acids is 1. The number of carboxylic acid groups (broad SMARTS) is 1. The van der Waals surface area contributed by atoms with E-state index in [0.29, 0.717) is 11.5 Å². The van der Waals surface area contributed by atoms with Crippen molar-refractivity contribution in [3.63, 3.8) is 0 Å². The maximum Gasteiger partial charge on any atom is 0.308 e. The van der Waals surface area contributed by atoms with Gasteiger partial charge in [0, 0.05) is 18.2 Å². The highest BCUT2D eigenvalue weighted by atomic mass is 19.1. The number of hydrogen-bond donors (Lipinski definition) is 2. The lowest BCUT2D eigenvalue weighted by molar-refractivity contribution is -0.144. The minimum absolute atomic E-state index is 0.0250. The first-order valence-electron chi connectivity index (χ1n) is 7.25. The average Bonchev–Trinajstić information content (AvgIpc) is 3.06. The Hall–Kier alpha value is -1.93. The molecule has 2 N–H and O–H groups in total. The number of fused-ring (bicyclic) bond motifs is 2. The van der Waals surface area contributed by atoms with Gasteiger partial charge in [0.05, 0.1) is 11.5 Å². The predicted molar refractivity (Wildman–Crippen MR) is 73.7 cm³/mol. The predicted octanol–water partition coefficient (Wildman–Crippen LogP) is 2.29. The van der Waals surface area contributed by atoms with Crippen LogP contribution in [0.15, 0.2) is 18.2 Å². The molecule has 110 valence electrons. The van der Waals surface area contributed by atoms with E-state index >= 15 is 0 Å². The second-order valence-corrected chi connectivity index (χ2v) is 5.99. The van der Waals surface area contributed by atoms with Crippen LogP contribution in [0.1, 0.15) is 30.4 Å². The van der Waals surface area contributed by atoms with Crippen LogP contribution in [-0.4, -0.2) is 17.1 Å². The molecule has 0 heterocycles. The molecule has 3 rings (SSSR count). The fraction of sp³-hybridized carbons (Fsp3) is 0.500. The summed E-state index contributed by atoms with van der Waals surface area (Å²) >= 11 is 0. The van der Waals surface area contributed by atoms with E-state index in [1.807, 2.05) is 6.07 Å². The molecule has 0 aromatic heterocycles. The minimum Gasteiger partial charge on any atom is -0.481 e. The Morgan fingerprint density at radius 1 is 1.43 bits per heavy atom. The molecule has 0 spiro atoms. The Kier molecular flexibility index (Phi) is 3.64. The average molecular weight is 288 g/mol. The fourth-order valence-electron chi connectivity index (χ4n) is 3.97. The van der Waals surface area contributed by atoms with Gasteiger partial charge >= 0.3 is 5.97 Å². The van der Waals surface area contributed by atoms with E-state index in [2.05, 4.69) is 5.32 Å². The van der Waals surface area contributed by atoms with Gasteiger partial charge in [-0.05, 0) is 37.2 Å². The second-order valence-electron chi connectivity index (χ2n) is 5.99. The van der Waals surface area contributed by atoms with Crippen LogP contribution >= 0.6 is 0 Å². The van der Waals surface area contributed by atoms with Gasteiger partial charge in [0.25, 0.3) is 0 Å². The fourth-order valence-corrected chi connectivity index (χ4v) is 3.97. The van der Waals surface area contributed by atoms with E-state index in [1.165, 1.54) is 6.07 Å². The summed E-state index contributed by atoms with van der Waals surface area (Å²) in [5, 5.41) is 21.4. The summed E-state index contributed by atoms with van der Waals surface area (Å²) in [6.07, 6.45) is 2.99. The third-order valence-electron chi connectivity index (χ3n) is 4.93. The Balaban J connectivity index is 1.73. The van der Waals surface area contributed by atoms with E-state index in [9.17, 15) is 14.3 Å². The molecule has 0 radical (unpaired) electrons. The van der Waals surface area contributed by atoms with Gasteiger partial charge in [-0.3, -0.25) is 4.79 Å². The summed E-state index contributed by atoms with van der Waals surface area (Å²) in [7, 11) is 0. The van der Waals surface area contributed by atoms with Crippen LogP contribution in [0.3, 0.4) is 0 Å². The van der Waals surface area contributed by atoms with Crippen molar-refractivity contribution in [3.05, 3.63) is 35.1 Å². The van der Waals surface area contributed by atoms with Crippen molar-refractivity contribution in [2.24, 2.45) is 17.8 Å². The summed E-state index contributed by atoms with van der Waals surface area (Å²) in [4.78, 5) is 11.4. The molecule has 2 saturated carbocycles. The Labute approximate surface area is 122 Å². The molecule has 21 heavy (non-hydrogen) atoms. The highest BCUT2D eigenvalue weighted by molar-refractivity contribution is 5.72. The Morgan fingerprint density at radius 3 is 2.90 bits per heavy atom. The van der Waals surface area contributed by atoms with Crippen molar-refractivity contribution in [3.8, 4) is 6.07 Å². The summed E-state index contributed by atoms with van der Waals surface area (Å²) in [6, 6.07) is 6.45. The smallest absolute Gasteiger partial charge is 0.308 e. The number of aliphatic carboxylic acids is 1. The Morgan fingerprint density at radius 2 is 2.19 bits per heavy atom. The van der Waals surface area contributed by atoms with Crippen LogP contribution in [0, 0.1) is 34.9 Å². The number of halogens is 1. The van der Waals surface area contributed by atoms with Gasteiger partial charge in [-0.1, -0.05) is 12.1 Å². The molecular formula is C16H17FN2O2. The van der Waals surface area contributed by atoms with Crippen LogP contribution in [-0.2, 0) is 11.3 Å². The second kappa shape index (κ2) is 5.45. The van der Waals surface area contributed by atoms with Crippen LogP contribution in [0.25, 0.3) is 0 Å². The maximum atomic E-state index is 14.0. The van der Waals surface area contributed by atoms with Gasteiger partial charge in [0.15, 0.2) is 0 Å². The number of hydrogen-bond acceptors (Lipinski definition) is 3. The Bertz CT molecular complexity index is 611. The molecule has 2 fully saturated rings. The van der Waals surface area contributed by atoms with Crippen LogP contribution in [0.4, 0.5) is 4.39 Å². The molecule has 0 aliphatic heterocycles. The lowest BCUT2D eigenvalue weighted by Crippen LogP contribution is -2.43. The monoisotopic (exact) mass is 288 g/mol. The van der Waals surface area contributed by atoms with Crippen molar-refractivity contribution in [1.29, 1.82) is 5.26 Å². The molecule has 4 atom stereocenters. The van der Waals surface area contributed by atoms with E-state index in [-0.39, 0.29) is 30.0 Å². The first-order chi connectivity index (χ1) is 10.1. The highest BCUT2D eigenvalue weighted by Gasteiger charge is 2.50. The zero-order valence-corrected chi connectivity index (χ0v) is 11.6. The van der Waals surface area contributed by atoms with Crippen molar-refractivity contribution in [2.45, 2.75) is 31.8 Å². The molecule has 2 bridgehead atoms. The van der Waals surface area contributed by atoms with Crippen LogP contribution in [0.5, 0.6) is 0 Å². The normalized spacial score (nSPS) is 30.3. The number of nitrogens with zero attached hydrogens (tertiary/aromatic N) is 1. The molecule has 0 amide bonds. The first kappa shape index (κ1) is 14.0. The molecule has 2 aliphatic carbocycles. The summed E-state index contributed by atoms with van der Waals surface area (Å²) in [5.74, 6) is -1.02. The molecule has 4 nitrogen and oxygen atoms in total. The minimum atomic E-state index is -0.758. The lowest BCUT2D eigenvalue weighted by Gasteiger charge is -2.29. The summed E-state index contributed by atoms with van der Waals surface area (Å²) < 4.78 is 14.0. The maximum absolute atomic E-state index is 14.0. The molecular weight excluding hydrogens is 271 g/mol. The van der Waals surface area contributed by atoms with Crippen molar-refractivity contribution in [2.75, 3.05) is 0 Å². The number of carbonyl (C=O) groups is 1. The van der Waals surface area contributed by atoms with Gasteiger partial charge < -0.3 is 10.4 Å². The van der Waals surface area contributed by atoms with E-state index in [1.54, 1.807) is 12.1 Å². The van der Waals surface area contributed by atoms with E-state index in [4.69, 9.17) is 5.26 Å². The van der Waals surface area contributed by atoms with Crippen molar-refractivity contribution >= 4 is 5.97 Å². The van der Waals surface area contributed by atoms with Gasteiger partial charge in [0.1, 0.15) is 11.9 Å². The molecule has 5 heteroatoms. The van der Waals surface area contributed by atoms with Crippen LogP contribution in [0.2, 0.25) is 0 Å². The van der Waals surface area contributed by atoms with Crippen molar-refractivity contribution in [1.82, 2.24) is 5.32 Å². The molecule has 2 aliphatic rings. The zero-order chi connectivity index (χ0) is 15.0. The standard InChI is InChI=1S/C16H17FN2O2/c17-14-11(7-18)2-1-3-12(14)8-19-15-10-5-4-9(6-10)13(15)16(20)21/h1-3,9-10,13,15,19H,4-6,8H2,(H,20,21). The largest absolute Gasteiger partial charge is 0.481 e. The summed E-state index contributed by atoms with van der Waals surface area (Å²) in [6.45, 7) is 0.263. The molecule has 1 aromatic rings. The molecule has 1 aromatic carbocycles. The quantitative estimate of drug-likeness (QED) is 0.891. The third-order valence-corrected chi connectivity index (χ3v) is 4.93. The van der Waals surface area contributed by atoms with Gasteiger partial charge in [-0.2, -0.15) is 5.26 Å². The number of rotatable bonds is 4. The third kappa shape index (κ3) is 2.40. The molecule has 4 unspecified atom stereocenters. The van der Waals surface area contributed by atoms with Gasteiger partial charge in [0.2, 0.25) is 0 Å². The highest BCUT2D eigenvalue weighted by Crippen LogP contribution is 2.48. The first-order valence-corrected chi connectivity index (χ1v) is 7.25. The van der Waals surface area contributed by atoms with Gasteiger partial charge in [-0.25, -0.2) is 4.39 Å². The van der Waals surface area contributed by atoms with Crippen molar-refractivity contribution < 1.29 is 14.3 Å². The SMILES string of the molecule is N#Cc1cccc(CNC2C3CCC(C3)C2C(=O)O)c1F. The lowest BCUT2D eigenvalue weighted by atomic mass is 9.84. The number of nitrogens with one attached hydrogen (secondary N) is 1. The molecule has 0 saturated heterocycles. The topological polar surface area (TPSA) is 73.1 Å². The van der Waals surface area contributed by atoms with Crippen LogP contribution < -0.4 is 5.32 Å². The number of nitriles is 1. The number of benzene rings is 1. The van der Waals surface area contributed by atoms with E-state index in [0.717, 1.165) is 19.3 Å². The summed E-state index contributed by atoms with van der Waals surface area (Å²) in [5.41, 5.74) is 0.443. The zero-order valence-electron chi connectivity index (χ0n) is 11.6.